The van der Waals surface area contributed by atoms with Gasteiger partial charge in [0.05, 0.1) is 6.54 Å². The van der Waals surface area contributed by atoms with Crippen molar-refractivity contribution in [2.75, 3.05) is 0 Å². The number of hydrogen-bond acceptors (Lipinski definition) is 2. The van der Waals surface area contributed by atoms with E-state index in [1.807, 2.05) is 0 Å². The van der Waals surface area contributed by atoms with Gasteiger partial charge >= 0.3 is 6.18 Å². The van der Waals surface area contributed by atoms with Crippen LogP contribution in [0.4, 0.5) is 13.2 Å². The molecule has 0 N–H and O–H groups in total. The molecule has 0 aliphatic heterocycles. The van der Waals surface area contributed by atoms with Crippen molar-refractivity contribution in [3.8, 4) is 0 Å². The van der Waals surface area contributed by atoms with Crippen molar-refractivity contribution < 1.29 is 13.2 Å². The summed E-state index contributed by atoms with van der Waals surface area (Å²) in [5, 5.41) is 0.162. The van der Waals surface area contributed by atoms with E-state index >= 15 is 0 Å². The van der Waals surface area contributed by atoms with Crippen molar-refractivity contribution in [3.05, 3.63) is 63.3 Å². The minimum Gasteiger partial charge on any atom is -0.300 e. The quantitative estimate of drug-likeness (QED) is 0.796. The van der Waals surface area contributed by atoms with Crippen LogP contribution in [0.3, 0.4) is 0 Å². The molecule has 0 unspecified atom stereocenters. The van der Waals surface area contributed by atoms with E-state index in [1.165, 1.54) is 18.3 Å². The first-order valence-corrected chi connectivity index (χ1v) is 5.63. The first kappa shape index (κ1) is 13.6. The number of aromatic nitrogens is 2. The molecule has 2 aromatic heterocycles. The summed E-state index contributed by atoms with van der Waals surface area (Å²) in [4.78, 5) is 15.3. The van der Waals surface area contributed by atoms with Crippen LogP contribution in [0.1, 0.15) is 11.3 Å². The third kappa shape index (κ3) is 3.14. The van der Waals surface area contributed by atoms with Crippen molar-refractivity contribution >= 4 is 11.6 Å². The van der Waals surface area contributed by atoms with E-state index in [0.29, 0.717) is 10.1 Å². The molecule has 19 heavy (non-hydrogen) atoms. The van der Waals surface area contributed by atoms with Crippen LogP contribution in [-0.2, 0) is 12.7 Å². The van der Waals surface area contributed by atoms with Gasteiger partial charge in [-0.05, 0) is 23.8 Å². The van der Waals surface area contributed by atoms with Crippen LogP contribution in [-0.4, -0.2) is 9.55 Å². The van der Waals surface area contributed by atoms with Crippen molar-refractivity contribution in [2.24, 2.45) is 0 Å². The van der Waals surface area contributed by atoms with E-state index in [1.54, 1.807) is 0 Å². The molecule has 2 aromatic rings. The van der Waals surface area contributed by atoms with Crippen LogP contribution < -0.4 is 5.56 Å². The second-order valence-electron chi connectivity index (χ2n) is 3.82. The lowest BCUT2D eigenvalue weighted by Crippen LogP contribution is -2.27. The number of hydrogen-bond donors (Lipinski definition) is 0. The molecule has 0 spiro atoms. The first-order valence-electron chi connectivity index (χ1n) is 5.25. The van der Waals surface area contributed by atoms with Gasteiger partial charge in [-0.1, -0.05) is 17.7 Å². The predicted octanol–water partition coefficient (Wildman–Crippen LogP) is 2.96. The van der Waals surface area contributed by atoms with Gasteiger partial charge in [-0.2, -0.15) is 13.2 Å². The van der Waals surface area contributed by atoms with Crippen molar-refractivity contribution in [1.82, 2.24) is 9.55 Å². The smallest absolute Gasteiger partial charge is 0.300 e. The second-order valence-corrected chi connectivity index (χ2v) is 4.21. The summed E-state index contributed by atoms with van der Waals surface area (Å²) in [5.74, 6) is 0. The fourth-order valence-corrected chi connectivity index (χ4v) is 1.85. The van der Waals surface area contributed by atoms with Crippen LogP contribution >= 0.6 is 11.6 Å². The Bertz CT molecular complexity index is 652. The SMILES string of the molecule is O=c1cccc(C(F)(F)F)n1Cc1ccnc(Cl)c1. The van der Waals surface area contributed by atoms with Crippen molar-refractivity contribution in [2.45, 2.75) is 12.7 Å². The van der Waals surface area contributed by atoms with E-state index in [-0.39, 0.29) is 11.7 Å². The van der Waals surface area contributed by atoms with Crippen LogP contribution in [0.25, 0.3) is 0 Å². The van der Waals surface area contributed by atoms with E-state index in [4.69, 9.17) is 11.6 Å². The zero-order valence-electron chi connectivity index (χ0n) is 9.49. The Hall–Kier alpha value is -1.82. The molecule has 0 saturated heterocycles. The van der Waals surface area contributed by atoms with E-state index in [0.717, 1.165) is 18.2 Å². The highest BCUT2D eigenvalue weighted by atomic mass is 35.5. The molecule has 0 fully saturated rings. The fraction of sp³-hybridized carbons (Fsp3) is 0.167. The summed E-state index contributed by atoms with van der Waals surface area (Å²) in [7, 11) is 0. The predicted molar refractivity (Wildman–Crippen MR) is 64.1 cm³/mol. The molecule has 0 aromatic carbocycles. The Morgan fingerprint density at radius 3 is 2.63 bits per heavy atom. The first-order chi connectivity index (χ1) is 8.88. The molecule has 0 radical (unpaired) electrons. The summed E-state index contributed by atoms with van der Waals surface area (Å²) in [5.41, 5.74) is -1.24. The van der Waals surface area contributed by atoms with Gasteiger partial charge in [-0.3, -0.25) is 9.36 Å². The zero-order valence-corrected chi connectivity index (χ0v) is 10.2. The zero-order chi connectivity index (χ0) is 14.0. The summed E-state index contributed by atoms with van der Waals surface area (Å²) >= 11 is 5.66. The van der Waals surface area contributed by atoms with Gasteiger partial charge in [0, 0.05) is 12.3 Å². The number of halogens is 4. The lowest BCUT2D eigenvalue weighted by Gasteiger charge is -2.14. The minimum absolute atomic E-state index is 0.162. The fourth-order valence-electron chi connectivity index (χ4n) is 1.65. The lowest BCUT2D eigenvalue weighted by molar-refractivity contribution is -0.144. The molecular formula is C12H8ClF3N2O. The number of rotatable bonds is 2. The number of nitrogens with zero attached hydrogens (tertiary/aromatic N) is 2. The topological polar surface area (TPSA) is 34.9 Å². The van der Waals surface area contributed by atoms with Gasteiger partial charge < -0.3 is 0 Å². The minimum atomic E-state index is -4.59. The average Bonchev–Trinajstić information content (AvgIpc) is 2.30. The molecule has 2 heterocycles. The Labute approximate surface area is 111 Å². The Morgan fingerprint density at radius 1 is 1.26 bits per heavy atom. The summed E-state index contributed by atoms with van der Waals surface area (Å²) < 4.78 is 39.1. The third-order valence-corrected chi connectivity index (χ3v) is 2.68. The molecular weight excluding hydrogens is 281 g/mol. The molecule has 0 amide bonds. The van der Waals surface area contributed by atoms with Crippen LogP contribution in [0, 0.1) is 0 Å². The van der Waals surface area contributed by atoms with Gasteiger partial charge in [0.25, 0.3) is 5.56 Å². The molecule has 100 valence electrons. The summed E-state index contributed by atoms with van der Waals surface area (Å²) in [6.45, 7) is -0.212. The Kier molecular flexibility index (Phi) is 3.61. The summed E-state index contributed by atoms with van der Waals surface area (Å²) in [6, 6.07) is 5.95. The largest absolute Gasteiger partial charge is 0.431 e. The molecule has 0 saturated carbocycles. The maximum atomic E-state index is 12.8. The summed E-state index contributed by atoms with van der Waals surface area (Å²) in [6.07, 6.45) is -3.21. The van der Waals surface area contributed by atoms with Gasteiger partial charge in [0.1, 0.15) is 10.8 Å². The molecule has 2 rings (SSSR count). The monoisotopic (exact) mass is 288 g/mol. The standard InChI is InChI=1S/C12H8ClF3N2O/c13-10-6-8(4-5-17-10)7-18-9(12(14,15)16)2-1-3-11(18)19/h1-6H,7H2. The van der Waals surface area contributed by atoms with Crippen LogP contribution in [0.2, 0.25) is 5.15 Å². The van der Waals surface area contributed by atoms with E-state index in [9.17, 15) is 18.0 Å². The van der Waals surface area contributed by atoms with Gasteiger partial charge in [0.2, 0.25) is 0 Å². The Balaban J connectivity index is 2.48. The third-order valence-electron chi connectivity index (χ3n) is 2.47. The number of alkyl halides is 3. The van der Waals surface area contributed by atoms with Crippen LogP contribution in [0.15, 0.2) is 41.3 Å². The Morgan fingerprint density at radius 2 is 2.00 bits per heavy atom. The maximum Gasteiger partial charge on any atom is 0.431 e. The normalized spacial score (nSPS) is 11.6. The highest BCUT2D eigenvalue weighted by molar-refractivity contribution is 6.29. The highest BCUT2D eigenvalue weighted by Crippen LogP contribution is 2.28. The number of pyridine rings is 2. The lowest BCUT2D eigenvalue weighted by atomic mass is 10.2. The molecule has 7 heteroatoms. The molecule has 3 nitrogen and oxygen atoms in total. The second kappa shape index (κ2) is 5.05. The molecule has 0 bridgehead atoms. The highest BCUT2D eigenvalue weighted by Gasteiger charge is 2.34. The maximum absolute atomic E-state index is 12.8. The van der Waals surface area contributed by atoms with Crippen molar-refractivity contribution in [3.63, 3.8) is 0 Å². The molecule has 0 atom stereocenters. The van der Waals surface area contributed by atoms with E-state index in [2.05, 4.69) is 4.98 Å². The molecule has 0 aliphatic carbocycles. The van der Waals surface area contributed by atoms with Gasteiger partial charge in [-0.15, -0.1) is 0 Å². The van der Waals surface area contributed by atoms with Crippen molar-refractivity contribution in [1.29, 1.82) is 0 Å². The van der Waals surface area contributed by atoms with Gasteiger partial charge in [0.15, 0.2) is 0 Å². The molecule has 0 aliphatic rings. The van der Waals surface area contributed by atoms with E-state index < -0.39 is 17.4 Å². The van der Waals surface area contributed by atoms with Gasteiger partial charge in [-0.25, -0.2) is 4.98 Å². The average molecular weight is 289 g/mol. The van der Waals surface area contributed by atoms with Crippen LogP contribution in [0.5, 0.6) is 0 Å².